The zero-order valence-corrected chi connectivity index (χ0v) is 12.9. The van der Waals surface area contributed by atoms with Crippen LogP contribution in [0.4, 0.5) is 18.9 Å². The fraction of sp³-hybridized carbons (Fsp3) is 0.0625. The van der Waals surface area contributed by atoms with Gasteiger partial charge in [-0.1, -0.05) is 12.2 Å². The first kappa shape index (κ1) is 17.4. The second-order valence-corrected chi connectivity index (χ2v) is 5.08. The number of halogens is 3. The SMILES string of the molecule is N#C/C(C(=S)Nc1ccc(C(F)(F)F)cc1)=C(/N)c1cccnc1. The van der Waals surface area contributed by atoms with E-state index >= 15 is 0 Å². The van der Waals surface area contributed by atoms with Crippen molar-refractivity contribution < 1.29 is 13.2 Å². The molecule has 0 aliphatic rings. The van der Waals surface area contributed by atoms with Crippen molar-refractivity contribution in [3.05, 3.63) is 65.5 Å². The molecule has 122 valence electrons. The van der Waals surface area contributed by atoms with Gasteiger partial charge in [-0.2, -0.15) is 18.4 Å². The van der Waals surface area contributed by atoms with Crippen molar-refractivity contribution in [1.29, 1.82) is 5.26 Å². The standard InChI is InChI=1S/C16H11F3N4S/c17-16(18,19)11-3-5-12(6-4-11)23-15(24)13(8-20)14(21)10-2-1-7-22-9-10/h1-7,9H,21H2,(H,23,24)/b14-13-. The highest BCUT2D eigenvalue weighted by Crippen LogP contribution is 2.30. The number of aromatic nitrogens is 1. The minimum Gasteiger partial charge on any atom is -0.397 e. The Labute approximate surface area is 141 Å². The van der Waals surface area contributed by atoms with Crippen molar-refractivity contribution in [2.24, 2.45) is 5.73 Å². The Balaban J connectivity index is 2.23. The van der Waals surface area contributed by atoms with Crippen molar-refractivity contribution in [1.82, 2.24) is 4.98 Å². The van der Waals surface area contributed by atoms with Crippen molar-refractivity contribution in [2.75, 3.05) is 5.32 Å². The molecule has 0 spiro atoms. The summed E-state index contributed by atoms with van der Waals surface area (Å²) in [6, 6.07) is 9.52. The second kappa shape index (κ2) is 7.10. The third-order valence-corrected chi connectivity index (χ3v) is 3.36. The average molecular weight is 348 g/mol. The van der Waals surface area contributed by atoms with Gasteiger partial charge in [0.25, 0.3) is 0 Å². The highest BCUT2D eigenvalue weighted by atomic mass is 32.1. The average Bonchev–Trinajstić information content (AvgIpc) is 2.56. The molecule has 0 fully saturated rings. The van der Waals surface area contributed by atoms with Gasteiger partial charge in [0.2, 0.25) is 0 Å². The minimum absolute atomic E-state index is 0.0119. The molecule has 1 heterocycles. The number of anilines is 1. The number of hydrogen-bond acceptors (Lipinski definition) is 4. The summed E-state index contributed by atoms with van der Waals surface area (Å²) < 4.78 is 37.6. The molecule has 0 bridgehead atoms. The smallest absolute Gasteiger partial charge is 0.397 e. The van der Waals surface area contributed by atoms with Gasteiger partial charge >= 0.3 is 6.18 Å². The summed E-state index contributed by atoms with van der Waals surface area (Å²) in [6.45, 7) is 0. The summed E-state index contributed by atoms with van der Waals surface area (Å²) in [5, 5.41) is 12.0. The van der Waals surface area contributed by atoms with E-state index in [1.165, 1.54) is 18.3 Å². The Bertz CT molecular complexity index is 806. The maximum absolute atomic E-state index is 12.5. The maximum atomic E-state index is 12.5. The number of nitrogens with one attached hydrogen (secondary N) is 1. The van der Waals surface area contributed by atoms with E-state index in [4.69, 9.17) is 18.0 Å². The van der Waals surface area contributed by atoms with Crippen LogP contribution in [-0.4, -0.2) is 9.97 Å². The Morgan fingerprint density at radius 1 is 1.21 bits per heavy atom. The van der Waals surface area contributed by atoms with Gasteiger partial charge < -0.3 is 11.1 Å². The zero-order valence-electron chi connectivity index (χ0n) is 12.1. The lowest BCUT2D eigenvalue weighted by Gasteiger charge is -2.11. The van der Waals surface area contributed by atoms with Crippen LogP contribution in [0, 0.1) is 11.3 Å². The molecule has 0 atom stereocenters. The number of benzene rings is 1. The summed E-state index contributed by atoms with van der Waals surface area (Å²) >= 11 is 5.13. The number of nitrogens with zero attached hydrogens (tertiary/aromatic N) is 2. The molecule has 0 aliphatic carbocycles. The molecule has 8 heteroatoms. The molecule has 24 heavy (non-hydrogen) atoms. The Hall–Kier alpha value is -2.92. The Morgan fingerprint density at radius 2 is 1.88 bits per heavy atom. The maximum Gasteiger partial charge on any atom is 0.416 e. The summed E-state index contributed by atoms with van der Waals surface area (Å²) in [5.41, 5.74) is 6.14. The van der Waals surface area contributed by atoms with Gasteiger partial charge in [0.05, 0.1) is 11.3 Å². The lowest BCUT2D eigenvalue weighted by atomic mass is 10.1. The van der Waals surface area contributed by atoms with Crippen LogP contribution in [-0.2, 0) is 6.18 Å². The monoisotopic (exact) mass is 348 g/mol. The number of pyridine rings is 1. The number of alkyl halides is 3. The molecular weight excluding hydrogens is 337 g/mol. The van der Waals surface area contributed by atoms with Crippen LogP contribution in [0.2, 0.25) is 0 Å². The van der Waals surface area contributed by atoms with Gasteiger partial charge in [-0.25, -0.2) is 0 Å². The fourth-order valence-electron chi connectivity index (χ4n) is 1.84. The first-order valence-electron chi connectivity index (χ1n) is 6.62. The van der Waals surface area contributed by atoms with Gasteiger partial charge in [-0.15, -0.1) is 0 Å². The van der Waals surface area contributed by atoms with E-state index in [1.54, 1.807) is 18.3 Å². The third-order valence-electron chi connectivity index (χ3n) is 3.05. The predicted molar refractivity (Wildman–Crippen MR) is 88.6 cm³/mol. The lowest BCUT2D eigenvalue weighted by molar-refractivity contribution is -0.137. The topological polar surface area (TPSA) is 74.7 Å². The van der Waals surface area contributed by atoms with E-state index in [1.807, 2.05) is 6.07 Å². The predicted octanol–water partition coefficient (Wildman–Crippen LogP) is 3.73. The van der Waals surface area contributed by atoms with E-state index in [2.05, 4.69) is 10.3 Å². The van der Waals surface area contributed by atoms with Crippen LogP contribution >= 0.6 is 12.2 Å². The Morgan fingerprint density at radius 3 is 2.38 bits per heavy atom. The van der Waals surface area contributed by atoms with Crippen LogP contribution in [0.5, 0.6) is 0 Å². The van der Waals surface area contributed by atoms with Crippen molar-refractivity contribution in [2.45, 2.75) is 6.18 Å². The van der Waals surface area contributed by atoms with Gasteiger partial charge in [-0.05, 0) is 36.4 Å². The zero-order chi connectivity index (χ0) is 17.7. The summed E-state index contributed by atoms with van der Waals surface area (Å²) in [7, 11) is 0. The highest BCUT2D eigenvalue weighted by molar-refractivity contribution is 7.81. The molecule has 2 aromatic rings. The quantitative estimate of drug-likeness (QED) is 0.502. The first-order valence-corrected chi connectivity index (χ1v) is 7.02. The van der Waals surface area contributed by atoms with Crippen LogP contribution in [0.1, 0.15) is 11.1 Å². The van der Waals surface area contributed by atoms with Crippen LogP contribution in [0.3, 0.4) is 0 Å². The van der Waals surface area contributed by atoms with Crippen LogP contribution < -0.4 is 11.1 Å². The van der Waals surface area contributed by atoms with E-state index in [0.29, 0.717) is 11.3 Å². The van der Waals surface area contributed by atoms with Gasteiger partial charge in [0.15, 0.2) is 0 Å². The number of nitrogens with two attached hydrogens (primary N) is 1. The van der Waals surface area contributed by atoms with Crippen molar-refractivity contribution in [3.8, 4) is 6.07 Å². The molecule has 0 unspecified atom stereocenters. The van der Waals surface area contributed by atoms with E-state index in [0.717, 1.165) is 12.1 Å². The largest absolute Gasteiger partial charge is 0.416 e. The van der Waals surface area contributed by atoms with Crippen molar-refractivity contribution >= 4 is 28.6 Å². The van der Waals surface area contributed by atoms with E-state index < -0.39 is 11.7 Å². The highest BCUT2D eigenvalue weighted by Gasteiger charge is 2.30. The molecule has 4 nitrogen and oxygen atoms in total. The first-order chi connectivity index (χ1) is 11.3. The van der Waals surface area contributed by atoms with E-state index in [-0.39, 0.29) is 16.3 Å². The summed E-state index contributed by atoms with van der Waals surface area (Å²) in [6.07, 6.45) is -1.38. The number of nitriles is 1. The van der Waals surface area contributed by atoms with Gasteiger partial charge in [0, 0.05) is 23.6 Å². The molecule has 0 saturated carbocycles. The molecule has 0 saturated heterocycles. The minimum atomic E-state index is -4.42. The third kappa shape index (κ3) is 4.08. The van der Waals surface area contributed by atoms with Gasteiger partial charge in [-0.3, -0.25) is 4.98 Å². The molecular formula is C16H11F3N4S. The molecule has 0 radical (unpaired) electrons. The molecule has 2 rings (SSSR count). The molecule has 1 aromatic carbocycles. The van der Waals surface area contributed by atoms with E-state index in [9.17, 15) is 18.4 Å². The molecule has 1 aromatic heterocycles. The fourth-order valence-corrected chi connectivity index (χ4v) is 2.11. The number of rotatable bonds is 3. The summed E-state index contributed by atoms with van der Waals surface area (Å²) in [5.74, 6) is 0. The van der Waals surface area contributed by atoms with Gasteiger partial charge in [0.1, 0.15) is 16.6 Å². The summed E-state index contributed by atoms with van der Waals surface area (Å²) in [4.78, 5) is 3.92. The number of thiocarbonyl (C=S) groups is 1. The Kier molecular flexibility index (Phi) is 5.16. The molecule has 0 aliphatic heterocycles. The van der Waals surface area contributed by atoms with Crippen molar-refractivity contribution in [3.63, 3.8) is 0 Å². The van der Waals surface area contributed by atoms with Crippen LogP contribution in [0.25, 0.3) is 5.70 Å². The lowest BCUT2D eigenvalue weighted by Crippen LogP contribution is -2.16. The second-order valence-electron chi connectivity index (χ2n) is 4.67. The normalized spacial score (nSPS) is 12.1. The molecule has 0 amide bonds. The molecule has 3 N–H and O–H groups in total. The number of hydrogen-bond donors (Lipinski definition) is 2. The van der Waals surface area contributed by atoms with Crippen LogP contribution in [0.15, 0.2) is 54.4 Å².